The van der Waals surface area contributed by atoms with Crippen molar-refractivity contribution in [3.63, 3.8) is 0 Å². The fourth-order valence-electron chi connectivity index (χ4n) is 3.53. The van der Waals surface area contributed by atoms with Crippen molar-refractivity contribution < 1.29 is 20.1 Å². The Kier molecular flexibility index (Phi) is 5.07. The van der Waals surface area contributed by atoms with Gasteiger partial charge in [-0.2, -0.15) is 0 Å². The van der Waals surface area contributed by atoms with Crippen molar-refractivity contribution in [3.05, 3.63) is 70.6 Å². The Morgan fingerprint density at radius 3 is 2.62 bits per heavy atom. The molecule has 0 saturated carbocycles. The summed E-state index contributed by atoms with van der Waals surface area (Å²) in [4.78, 5) is 1.28. The molecule has 0 radical (unpaired) electrons. The highest BCUT2D eigenvalue weighted by molar-refractivity contribution is 7.19. The van der Waals surface area contributed by atoms with E-state index in [9.17, 15) is 15.3 Å². The molecule has 1 aromatic heterocycles. The summed E-state index contributed by atoms with van der Waals surface area (Å²) >= 11 is 1.76. The van der Waals surface area contributed by atoms with E-state index in [1.165, 1.54) is 15.1 Å². The zero-order valence-electron chi connectivity index (χ0n) is 14.3. The molecule has 4 nitrogen and oxygen atoms in total. The highest BCUT2D eigenvalue weighted by Gasteiger charge is 2.37. The number of thiophene rings is 1. The highest BCUT2D eigenvalue weighted by atomic mass is 32.1. The van der Waals surface area contributed by atoms with Crippen molar-refractivity contribution in [2.45, 2.75) is 37.3 Å². The van der Waals surface area contributed by atoms with Crippen LogP contribution in [0.15, 0.2) is 54.6 Å². The van der Waals surface area contributed by atoms with Crippen LogP contribution in [0.25, 0.3) is 10.1 Å². The Labute approximate surface area is 156 Å². The number of hydrogen-bond donors (Lipinski definition) is 3. The molecule has 2 heterocycles. The average Bonchev–Trinajstić information content (AvgIpc) is 3.06. The Bertz CT molecular complexity index is 876. The van der Waals surface area contributed by atoms with Gasteiger partial charge in [-0.3, -0.25) is 0 Å². The van der Waals surface area contributed by atoms with Crippen LogP contribution in [0, 0.1) is 0 Å². The van der Waals surface area contributed by atoms with E-state index in [1.807, 2.05) is 36.4 Å². The lowest BCUT2D eigenvalue weighted by Gasteiger charge is -2.36. The zero-order chi connectivity index (χ0) is 18.1. The SMILES string of the molecule is OCC1CC(O)[C@@H](O)C(c2ccc3sc(Cc4ccccc4)cc3c2)O1. The van der Waals surface area contributed by atoms with Gasteiger partial charge >= 0.3 is 0 Å². The summed E-state index contributed by atoms with van der Waals surface area (Å²) in [5.41, 5.74) is 2.10. The molecule has 1 aliphatic rings. The van der Waals surface area contributed by atoms with Crippen molar-refractivity contribution in [1.82, 2.24) is 0 Å². The van der Waals surface area contributed by atoms with Crippen LogP contribution < -0.4 is 0 Å². The third kappa shape index (κ3) is 3.54. The quantitative estimate of drug-likeness (QED) is 0.660. The summed E-state index contributed by atoms with van der Waals surface area (Å²) in [6.07, 6.45) is -1.82. The van der Waals surface area contributed by atoms with E-state index in [2.05, 4.69) is 18.2 Å². The van der Waals surface area contributed by atoms with Gasteiger partial charge in [0.25, 0.3) is 0 Å². The number of rotatable bonds is 4. The Morgan fingerprint density at radius 1 is 1.04 bits per heavy atom. The Hall–Kier alpha value is -1.76. The fourth-order valence-corrected chi connectivity index (χ4v) is 4.60. The van der Waals surface area contributed by atoms with Crippen molar-refractivity contribution in [2.24, 2.45) is 0 Å². The number of fused-ring (bicyclic) bond motifs is 1. The molecule has 5 heteroatoms. The van der Waals surface area contributed by atoms with Gasteiger partial charge in [-0.15, -0.1) is 11.3 Å². The molecule has 4 rings (SSSR count). The second-order valence-corrected chi connectivity index (χ2v) is 8.00. The summed E-state index contributed by atoms with van der Waals surface area (Å²) in [6, 6.07) is 18.5. The Balaban J connectivity index is 1.61. The van der Waals surface area contributed by atoms with Crippen LogP contribution in [0.5, 0.6) is 0 Å². The molecule has 0 aliphatic carbocycles. The predicted molar refractivity (Wildman–Crippen MR) is 102 cm³/mol. The molecule has 0 bridgehead atoms. The van der Waals surface area contributed by atoms with E-state index in [1.54, 1.807) is 11.3 Å². The van der Waals surface area contributed by atoms with E-state index < -0.39 is 24.4 Å². The molecule has 0 spiro atoms. The number of aliphatic hydroxyl groups is 3. The molecule has 2 aromatic carbocycles. The van der Waals surface area contributed by atoms with Crippen LogP contribution in [0.4, 0.5) is 0 Å². The van der Waals surface area contributed by atoms with Gasteiger partial charge in [0.1, 0.15) is 12.2 Å². The van der Waals surface area contributed by atoms with Gasteiger partial charge < -0.3 is 20.1 Å². The minimum atomic E-state index is -0.988. The van der Waals surface area contributed by atoms with Crippen molar-refractivity contribution in [3.8, 4) is 0 Å². The molecule has 4 atom stereocenters. The van der Waals surface area contributed by atoms with Crippen LogP contribution in [-0.2, 0) is 11.2 Å². The molecule has 3 N–H and O–H groups in total. The number of aliphatic hydroxyl groups excluding tert-OH is 3. The average molecular weight is 370 g/mol. The minimum Gasteiger partial charge on any atom is -0.394 e. The standard InChI is InChI=1S/C21H22O4S/c22-12-16-11-18(23)20(24)21(25-16)14-6-7-19-15(9-14)10-17(26-19)8-13-4-2-1-3-5-13/h1-7,9-10,16,18,20-24H,8,11-12H2/t16?,18?,20-,21?/m1/s1. The first-order chi connectivity index (χ1) is 12.6. The topological polar surface area (TPSA) is 69.9 Å². The first-order valence-electron chi connectivity index (χ1n) is 8.83. The molecule has 3 unspecified atom stereocenters. The van der Waals surface area contributed by atoms with E-state index >= 15 is 0 Å². The molecule has 1 saturated heterocycles. The van der Waals surface area contributed by atoms with E-state index in [-0.39, 0.29) is 13.0 Å². The number of hydrogen-bond acceptors (Lipinski definition) is 5. The minimum absolute atomic E-state index is 0.164. The van der Waals surface area contributed by atoms with E-state index in [4.69, 9.17) is 4.74 Å². The summed E-state index contributed by atoms with van der Waals surface area (Å²) in [5.74, 6) is 0. The molecule has 26 heavy (non-hydrogen) atoms. The summed E-state index contributed by atoms with van der Waals surface area (Å²) in [6.45, 7) is -0.164. The number of benzene rings is 2. The van der Waals surface area contributed by atoms with Gasteiger partial charge in [-0.25, -0.2) is 0 Å². The lowest BCUT2D eigenvalue weighted by atomic mass is 9.93. The monoisotopic (exact) mass is 370 g/mol. The number of ether oxygens (including phenoxy) is 1. The maximum Gasteiger partial charge on any atom is 0.111 e. The second kappa shape index (κ2) is 7.47. The summed E-state index contributed by atoms with van der Waals surface area (Å²) < 4.78 is 6.98. The van der Waals surface area contributed by atoms with Crippen LogP contribution in [-0.4, -0.2) is 40.2 Å². The predicted octanol–water partition coefficient (Wildman–Crippen LogP) is 3.04. The summed E-state index contributed by atoms with van der Waals surface area (Å²) in [5, 5.41) is 30.8. The van der Waals surface area contributed by atoms with Gasteiger partial charge in [-0.05, 0) is 34.7 Å². The molecule has 0 amide bonds. The van der Waals surface area contributed by atoms with Crippen LogP contribution in [0.3, 0.4) is 0 Å². The first kappa shape index (κ1) is 17.6. The van der Waals surface area contributed by atoms with Crippen LogP contribution in [0.1, 0.15) is 28.5 Å². The van der Waals surface area contributed by atoms with Gasteiger partial charge in [-0.1, -0.05) is 36.4 Å². The maximum atomic E-state index is 10.3. The van der Waals surface area contributed by atoms with Crippen molar-refractivity contribution in [2.75, 3.05) is 6.61 Å². The van der Waals surface area contributed by atoms with Gasteiger partial charge in [0.2, 0.25) is 0 Å². The van der Waals surface area contributed by atoms with Crippen molar-refractivity contribution >= 4 is 21.4 Å². The normalized spacial score (nSPS) is 26.3. The van der Waals surface area contributed by atoms with Gasteiger partial charge in [0.15, 0.2) is 0 Å². The zero-order valence-corrected chi connectivity index (χ0v) is 15.1. The van der Waals surface area contributed by atoms with Crippen molar-refractivity contribution in [1.29, 1.82) is 0 Å². The Morgan fingerprint density at radius 2 is 1.85 bits per heavy atom. The van der Waals surface area contributed by atoms with Gasteiger partial charge in [0, 0.05) is 22.4 Å². The molecular weight excluding hydrogens is 348 g/mol. The third-order valence-electron chi connectivity index (χ3n) is 4.89. The van der Waals surface area contributed by atoms with Gasteiger partial charge in [0.05, 0.1) is 18.8 Å². The smallest absolute Gasteiger partial charge is 0.111 e. The molecule has 136 valence electrons. The molecule has 1 aliphatic heterocycles. The van der Waals surface area contributed by atoms with E-state index in [0.717, 1.165) is 17.4 Å². The maximum absolute atomic E-state index is 10.3. The lowest BCUT2D eigenvalue weighted by molar-refractivity contribution is -0.179. The molecule has 1 fully saturated rings. The first-order valence-corrected chi connectivity index (χ1v) is 9.64. The third-order valence-corrected chi connectivity index (χ3v) is 6.01. The largest absolute Gasteiger partial charge is 0.394 e. The second-order valence-electron chi connectivity index (χ2n) is 6.83. The van der Waals surface area contributed by atoms with Crippen LogP contribution in [0.2, 0.25) is 0 Å². The fraction of sp³-hybridized carbons (Fsp3) is 0.333. The molecule has 3 aromatic rings. The van der Waals surface area contributed by atoms with E-state index in [0.29, 0.717) is 0 Å². The summed E-state index contributed by atoms with van der Waals surface area (Å²) in [7, 11) is 0. The van der Waals surface area contributed by atoms with Crippen LogP contribution >= 0.6 is 11.3 Å². The highest BCUT2D eigenvalue weighted by Crippen LogP contribution is 2.35. The molecular formula is C21H22O4S. The lowest BCUT2D eigenvalue weighted by Crippen LogP contribution is -2.44.